The third kappa shape index (κ3) is 6.08. The number of hydrogen-bond donors (Lipinski definition) is 4. The second-order valence-electron chi connectivity index (χ2n) is 20.2. The molecule has 284 valence electrons. The molecule has 4 N–H and O–H groups in total. The summed E-state index contributed by atoms with van der Waals surface area (Å²) in [6.45, 7) is 24.0. The predicted molar refractivity (Wildman–Crippen MR) is 195 cm³/mol. The topological polar surface area (TPSA) is 133 Å². The highest BCUT2D eigenvalue weighted by Crippen LogP contribution is 2.77. The Morgan fingerprint density at radius 2 is 1.60 bits per heavy atom. The molecule has 0 radical (unpaired) electrons. The van der Waals surface area contributed by atoms with Crippen LogP contribution < -0.4 is 5.32 Å². The molecule has 12 atom stereocenters. The summed E-state index contributed by atoms with van der Waals surface area (Å²) in [6, 6.07) is -0.777. The Morgan fingerprint density at radius 3 is 2.20 bits per heavy atom. The maximum Gasteiger partial charge on any atom is 0.320 e. The molecule has 0 saturated heterocycles. The molecular formula is C42H69NO7. The first-order valence-corrected chi connectivity index (χ1v) is 19.7. The van der Waals surface area contributed by atoms with E-state index < -0.39 is 41.0 Å². The molecule has 0 aromatic heterocycles. The van der Waals surface area contributed by atoms with Gasteiger partial charge in [0.1, 0.15) is 18.4 Å². The number of nitrogens with one attached hydrogen (secondary N) is 1. The van der Waals surface area contributed by atoms with Gasteiger partial charge in [-0.3, -0.25) is 19.7 Å². The van der Waals surface area contributed by atoms with Crippen LogP contribution in [-0.4, -0.2) is 51.6 Å². The summed E-state index contributed by atoms with van der Waals surface area (Å²) in [7, 11) is 0. The molecule has 50 heavy (non-hydrogen) atoms. The fourth-order valence-corrected chi connectivity index (χ4v) is 13.3. The lowest BCUT2D eigenvalue weighted by Crippen LogP contribution is -2.69. The van der Waals surface area contributed by atoms with Gasteiger partial charge in [-0.05, 0) is 137 Å². The van der Waals surface area contributed by atoms with Crippen molar-refractivity contribution in [3.8, 4) is 0 Å². The van der Waals surface area contributed by atoms with E-state index in [1.165, 1.54) is 5.57 Å². The van der Waals surface area contributed by atoms with Crippen LogP contribution in [0.1, 0.15) is 147 Å². The first-order chi connectivity index (χ1) is 23.0. The van der Waals surface area contributed by atoms with Gasteiger partial charge in [-0.25, -0.2) is 0 Å². The molecule has 5 aliphatic carbocycles. The van der Waals surface area contributed by atoms with E-state index in [4.69, 9.17) is 4.74 Å². The standard InChI is InChI=1S/C42H69NO7/c1-24(2)22-28(34(45)46)43-35(47)42-19-14-25(3)26(4)33(42)27-12-13-30-39(9)17-16-31(50-32(44)23-37(5,6)36(48)49)38(7,8)29(39)15-18-41(30,11)40(27,10)20-21-42/h14,24,26-31,33,35,43,47H,12-13,15-23H2,1-11H3,(H,45,46)(H,48,49)/t26-,27-,28+,29+,30-,31+,33-,35?,39+,40-,41-,42+/m1/s1. The van der Waals surface area contributed by atoms with Gasteiger partial charge < -0.3 is 20.1 Å². The molecule has 0 bridgehead atoms. The van der Waals surface area contributed by atoms with Gasteiger partial charge in [0.2, 0.25) is 0 Å². The van der Waals surface area contributed by atoms with Crippen molar-refractivity contribution in [1.82, 2.24) is 5.32 Å². The SMILES string of the molecule is CC1=CC[C@]2(C(O)N[C@@H](CC(C)C)C(=O)O)CC[C@]3(C)[C@H](CC[C@@H]4[C@@]5(C)CC[C@H](OC(=O)CC(C)(C)C(=O)O)C(C)(C)[C@@H]5CC[C@]43C)[C@H]2[C@@H]1C. The van der Waals surface area contributed by atoms with Gasteiger partial charge >= 0.3 is 17.9 Å². The molecule has 0 amide bonds. The average molecular weight is 700 g/mol. The first-order valence-electron chi connectivity index (χ1n) is 19.7. The number of aliphatic carboxylic acids is 2. The molecule has 4 fully saturated rings. The highest BCUT2D eigenvalue weighted by atomic mass is 16.5. The van der Waals surface area contributed by atoms with Crippen LogP contribution in [0.3, 0.4) is 0 Å². The molecule has 0 aliphatic heterocycles. The third-order valence-corrected chi connectivity index (χ3v) is 16.5. The van der Waals surface area contributed by atoms with E-state index >= 15 is 0 Å². The van der Waals surface area contributed by atoms with Crippen LogP contribution in [0.15, 0.2) is 11.6 Å². The Kier molecular flexibility index (Phi) is 10.4. The number of rotatable bonds is 10. The largest absolute Gasteiger partial charge is 0.481 e. The molecule has 1 unspecified atom stereocenters. The van der Waals surface area contributed by atoms with E-state index in [0.29, 0.717) is 30.1 Å². The predicted octanol–water partition coefficient (Wildman–Crippen LogP) is 8.46. The zero-order chi connectivity index (χ0) is 37.4. The number of ether oxygens (including phenoxy) is 1. The minimum atomic E-state index is -1.16. The number of aliphatic hydroxyl groups is 1. The molecule has 0 heterocycles. The molecule has 5 aliphatic rings. The zero-order valence-electron chi connectivity index (χ0n) is 33.0. The van der Waals surface area contributed by atoms with Gasteiger partial charge in [0.05, 0.1) is 11.8 Å². The smallest absolute Gasteiger partial charge is 0.320 e. The number of hydrogen-bond acceptors (Lipinski definition) is 6. The van der Waals surface area contributed by atoms with Crippen molar-refractivity contribution in [3.05, 3.63) is 11.6 Å². The van der Waals surface area contributed by atoms with Crippen molar-refractivity contribution >= 4 is 17.9 Å². The van der Waals surface area contributed by atoms with Crippen LogP contribution in [0.4, 0.5) is 0 Å². The van der Waals surface area contributed by atoms with Gasteiger partial charge in [-0.15, -0.1) is 0 Å². The van der Waals surface area contributed by atoms with E-state index in [1.807, 2.05) is 13.8 Å². The number of aliphatic hydroxyl groups excluding tert-OH is 1. The minimum Gasteiger partial charge on any atom is -0.481 e. The second kappa shape index (κ2) is 13.2. The number of fused-ring (bicyclic) bond motifs is 7. The molecule has 0 spiro atoms. The number of carbonyl (C=O) groups excluding carboxylic acids is 1. The highest BCUT2D eigenvalue weighted by molar-refractivity contribution is 5.81. The number of carboxylic acid groups (broad SMARTS) is 2. The summed E-state index contributed by atoms with van der Waals surface area (Å²) in [6.07, 6.45) is 10.4. The van der Waals surface area contributed by atoms with Gasteiger partial charge in [-0.1, -0.05) is 67.0 Å². The van der Waals surface area contributed by atoms with Crippen LogP contribution in [0, 0.1) is 68.0 Å². The quantitative estimate of drug-likeness (QED) is 0.101. The summed E-state index contributed by atoms with van der Waals surface area (Å²) >= 11 is 0. The number of carbonyl (C=O) groups is 3. The van der Waals surface area contributed by atoms with E-state index in [2.05, 4.69) is 59.9 Å². The molecular weight excluding hydrogens is 630 g/mol. The number of esters is 1. The Bertz CT molecular complexity index is 1370. The molecule has 5 rings (SSSR count). The molecule has 8 nitrogen and oxygen atoms in total. The van der Waals surface area contributed by atoms with Gasteiger partial charge in [0, 0.05) is 10.8 Å². The summed E-state index contributed by atoms with van der Waals surface area (Å²) < 4.78 is 6.16. The number of allylic oxidation sites excluding steroid dienone is 2. The van der Waals surface area contributed by atoms with Crippen LogP contribution >= 0.6 is 0 Å². The van der Waals surface area contributed by atoms with Crippen LogP contribution in [0.2, 0.25) is 0 Å². The lowest BCUT2D eigenvalue weighted by molar-refractivity contribution is -0.262. The molecule has 8 heteroatoms. The fraction of sp³-hybridized carbons (Fsp3) is 0.881. The molecule has 0 aromatic rings. The minimum absolute atomic E-state index is 0.0731. The van der Waals surface area contributed by atoms with E-state index in [9.17, 15) is 29.7 Å². The lowest BCUT2D eigenvalue weighted by atomic mass is 9.31. The van der Waals surface area contributed by atoms with Crippen molar-refractivity contribution in [3.63, 3.8) is 0 Å². The van der Waals surface area contributed by atoms with Crippen molar-refractivity contribution in [2.45, 2.75) is 165 Å². The Hall–Kier alpha value is -1.93. The normalized spacial score (nSPS) is 42.1. The van der Waals surface area contributed by atoms with Gasteiger partial charge in [0.15, 0.2) is 0 Å². The first kappa shape index (κ1) is 39.3. The van der Waals surface area contributed by atoms with Gasteiger partial charge in [-0.2, -0.15) is 0 Å². The maximum absolute atomic E-state index is 13.1. The Morgan fingerprint density at radius 1 is 0.940 bits per heavy atom. The number of carboxylic acids is 2. The van der Waals surface area contributed by atoms with Crippen molar-refractivity contribution in [1.29, 1.82) is 0 Å². The van der Waals surface area contributed by atoms with Crippen molar-refractivity contribution in [2.24, 2.45) is 68.0 Å². The van der Waals surface area contributed by atoms with E-state index in [0.717, 1.165) is 57.8 Å². The third-order valence-electron chi connectivity index (χ3n) is 16.5. The van der Waals surface area contributed by atoms with Crippen LogP contribution in [0.5, 0.6) is 0 Å². The van der Waals surface area contributed by atoms with Gasteiger partial charge in [0.25, 0.3) is 0 Å². The van der Waals surface area contributed by atoms with E-state index in [-0.39, 0.29) is 46.0 Å². The maximum atomic E-state index is 13.1. The van der Waals surface area contributed by atoms with Crippen molar-refractivity contribution < 1.29 is 34.4 Å². The summed E-state index contributed by atoms with van der Waals surface area (Å²) in [5.74, 6) is -0.211. The summed E-state index contributed by atoms with van der Waals surface area (Å²) in [5, 5.41) is 35.1. The second-order valence-corrected chi connectivity index (χ2v) is 20.2. The average Bonchev–Trinajstić information content (AvgIpc) is 2.99. The molecule has 0 aromatic carbocycles. The molecule has 4 saturated carbocycles. The zero-order valence-corrected chi connectivity index (χ0v) is 33.0. The summed E-state index contributed by atoms with van der Waals surface area (Å²) in [5.41, 5.74) is -0.145. The Labute approximate surface area is 302 Å². The monoisotopic (exact) mass is 700 g/mol. The Balaban J connectivity index is 1.42. The van der Waals surface area contributed by atoms with Crippen LogP contribution in [-0.2, 0) is 19.1 Å². The summed E-state index contributed by atoms with van der Waals surface area (Å²) in [4.78, 5) is 37.1. The van der Waals surface area contributed by atoms with Crippen molar-refractivity contribution in [2.75, 3.05) is 0 Å². The van der Waals surface area contributed by atoms with E-state index in [1.54, 1.807) is 13.8 Å². The highest BCUT2D eigenvalue weighted by Gasteiger charge is 2.71. The fourth-order valence-electron chi connectivity index (χ4n) is 13.3. The lowest BCUT2D eigenvalue weighted by Gasteiger charge is -2.74. The van der Waals surface area contributed by atoms with Crippen LogP contribution in [0.25, 0.3) is 0 Å².